The molecule has 0 aliphatic carbocycles. The summed E-state index contributed by atoms with van der Waals surface area (Å²) in [7, 11) is 1.28. The third-order valence-corrected chi connectivity index (χ3v) is 4.33. The molecule has 1 fully saturated rings. The molecule has 2 aromatic rings. The number of amides is 1. The van der Waals surface area contributed by atoms with Gasteiger partial charge >= 0.3 is 5.97 Å². The Morgan fingerprint density at radius 1 is 1.25 bits per heavy atom. The molecule has 0 saturated carbocycles. The normalized spacial score (nSPS) is 14.4. The van der Waals surface area contributed by atoms with Gasteiger partial charge in [-0.05, 0) is 12.1 Å². The zero-order valence-corrected chi connectivity index (χ0v) is 15.4. The molecule has 2 aromatic heterocycles. The average molecular weight is 384 g/mol. The van der Waals surface area contributed by atoms with Crippen molar-refractivity contribution in [2.24, 2.45) is 0 Å². The van der Waals surface area contributed by atoms with Crippen molar-refractivity contribution in [1.29, 1.82) is 5.26 Å². The SMILES string of the molecule is COC(=O)c1ccc(CNC(=O)CN2CCN(c3nccnc3C#N)CC2)o1. The van der Waals surface area contributed by atoms with Gasteiger partial charge in [0.2, 0.25) is 11.7 Å². The Kier molecular flexibility index (Phi) is 6.18. The van der Waals surface area contributed by atoms with Crippen LogP contribution in [-0.2, 0) is 16.1 Å². The van der Waals surface area contributed by atoms with Crippen molar-refractivity contribution in [2.45, 2.75) is 6.54 Å². The van der Waals surface area contributed by atoms with Crippen LogP contribution >= 0.6 is 0 Å². The monoisotopic (exact) mass is 384 g/mol. The summed E-state index contributed by atoms with van der Waals surface area (Å²) in [6.07, 6.45) is 3.06. The van der Waals surface area contributed by atoms with Gasteiger partial charge in [0.1, 0.15) is 11.8 Å². The van der Waals surface area contributed by atoms with E-state index >= 15 is 0 Å². The van der Waals surface area contributed by atoms with Crippen molar-refractivity contribution in [3.05, 3.63) is 41.7 Å². The number of hydrogen-bond acceptors (Lipinski definition) is 9. The number of nitriles is 1. The molecule has 3 heterocycles. The maximum Gasteiger partial charge on any atom is 0.373 e. The Labute approximate surface area is 161 Å². The molecule has 1 amide bonds. The van der Waals surface area contributed by atoms with Gasteiger partial charge in [0, 0.05) is 38.6 Å². The molecule has 28 heavy (non-hydrogen) atoms. The van der Waals surface area contributed by atoms with E-state index in [1.165, 1.54) is 19.4 Å². The summed E-state index contributed by atoms with van der Waals surface area (Å²) >= 11 is 0. The molecule has 146 valence electrons. The average Bonchev–Trinajstić information content (AvgIpc) is 3.21. The number of anilines is 1. The summed E-state index contributed by atoms with van der Waals surface area (Å²) < 4.78 is 9.89. The quantitative estimate of drug-likeness (QED) is 0.694. The number of nitrogens with one attached hydrogen (secondary N) is 1. The number of furan rings is 1. The molecule has 0 bridgehead atoms. The van der Waals surface area contributed by atoms with Gasteiger partial charge in [0.05, 0.1) is 20.2 Å². The van der Waals surface area contributed by atoms with Gasteiger partial charge in [-0.15, -0.1) is 0 Å². The Morgan fingerprint density at radius 3 is 2.71 bits per heavy atom. The number of rotatable bonds is 6. The van der Waals surface area contributed by atoms with Crippen molar-refractivity contribution in [3.63, 3.8) is 0 Å². The molecule has 0 aromatic carbocycles. The van der Waals surface area contributed by atoms with Crippen molar-refractivity contribution in [3.8, 4) is 6.07 Å². The number of esters is 1. The van der Waals surface area contributed by atoms with E-state index in [9.17, 15) is 9.59 Å². The number of carbonyl (C=O) groups excluding carboxylic acids is 2. The molecule has 3 rings (SSSR count). The van der Waals surface area contributed by atoms with Crippen LogP contribution in [0.3, 0.4) is 0 Å². The topological polar surface area (TPSA) is 125 Å². The maximum absolute atomic E-state index is 12.2. The van der Waals surface area contributed by atoms with Crippen LogP contribution < -0.4 is 10.2 Å². The van der Waals surface area contributed by atoms with E-state index < -0.39 is 5.97 Å². The highest BCUT2D eigenvalue weighted by molar-refractivity contribution is 5.86. The van der Waals surface area contributed by atoms with Crippen LogP contribution in [0.5, 0.6) is 0 Å². The Bertz CT molecular complexity index is 882. The predicted octanol–water partition coefficient (Wildman–Crippen LogP) is 0.166. The first kappa shape index (κ1) is 19.3. The third-order valence-electron chi connectivity index (χ3n) is 4.33. The zero-order chi connectivity index (χ0) is 19.9. The number of ether oxygens (including phenoxy) is 1. The lowest BCUT2D eigenvalue weighted by Crippen LogP contribution is -2.49. The minimum atomic E-state index is -0.557. The second-order valence-corrected chi connectivity index (χ2v) is 6.14. The minimum absolute atomic E-state index is 0.101. The van der Waals surface area contributed by atoms with Gasteiger partial charge in [-0.2, -0.15) is 5.26 Å². The number of nitrogens with zero attached hydrogens (tertiary/aromatic N) is 5. The second kappa shape index (κ2) is 8.96. The number of aromatic nitrogens is 2. The summed E-state index contributed by atoms with van der Waals surface area (Å²) in [5.41, 5.74) is 0.304. The lowest BCUT2D eigenvalue weighted by molar-refractivity contribution is -0.122. The van der Waals surface area contributed by atoms with Gasteiger partial charge in [0.25, 0.3) is 0 Å². The minimum Gasteiger partial charge on any atom is -0.463 e. The molecule has 0 atom stereocenters. The Hall–Kier alpha value is -3.45. The molecule has 0 spiro atoms. The smallest absolute Gasteiger partial charge is 0.373 e. The molecule has 0 radical (unpaired) electrons. The highest BCUT2D eigenvalue weighted by Crippen LogP contribution is 2.16. The second-order valence-electron chi connectivity index (χ2n) is 6.14. The van der Waals surface area contributed by atoms with E-state index in [2.05, 4.69) is 26.1 Å². The van der Waals surface area contributed by atoms with E-state index in [1.807, 2.05) is 9.80 Å². The fraction of sp³-hybridized carbons (Fsp3) is 0.389. The molecule has 1 N–H and O–H groups in total. The summed E-state index contributed by atoms with van der Waals surface area (Å²) in [4.78, 5) is 35.8. The van der Waals surface area contributed by atoms with Gasteiger partial charge in [-0.3, -0.25) is 9.69 Å². The van der Waals surface area contributed by atoms with Crippen molar-refractivity contribution in [1.82, 2.24) is 20.2 Å². The van der Waals surface area contributed by atoms with Gasteiger partial charge in [-0.1, -0.05) is 0 Å². The van der Waals surface area contributed by atoms with E-state index in [0.717, 1.165) is 0 Å². The van der Waals surface area contributed by atoms with E-state index in [0.29, 0.717) is 43.5 Å². The maximum atomic E-state index is 12.2. The van der Waals surface area contributed by atoms with Crippen LogP contribution in [-0.4, -0.2) is 66.6 Å². The highest BCUT2D eigenvalue weighted by atomic mass is 16.5. The summed E-state index contributed by atoms with van der Waals surface area (Å²) in [6, 6.07) is 5.18. The largest absolute Gasteiger partial charge is 0.463 e. The van der Waals surface area contributed by atoms with E-state index in [-0.39, 0.29) is 24.8 Å². The van der Waals surface area contributed by atoms with Gasteiger partial charge < -0.3 is 19.4 Å². The number of carbonyl (C=O) groups is 2. The fourth-order valence-electron chi connectivity index (χ4n) is 2.89. The lowest BCUT2D eigenvalue weighted by atomic mass is 10.3. The van der Waals surface area contributed by atoms with Crippen LogP contribution in [0, 0.1) is 11.3 Å². The molecule has 0 unspecified atom stereocenters. The number of piperazine rings is 1. The first-order valence-corrected chi connectivity index (χ1v) is 8.73. The van der Waals surface area contributed by atoms with Crippen LogP contribution in [0.15, 0.2) is 28.9 Å². The van der Waals surface area contributed by atoms with Crippen molar-refractivity contribution < 1.29 is 18.7 Å². The zero-order valence-electron chi connectivity index (χ0n) is 15.4. The first-order chi connectivity index (χ1) is 13.6. The molecule has 10 nitrogen and oxygen atoms in total. The lowest BCUT2D eigenvalue weighted by Gasteiger charge is -2.34. The van der Waals surface area contributed by atoms with E-state index in [1.54, 1.807) is 12.3 Å². The first-order valence-electron chi connectivity index (χ1n) is 8.73. The van der Waals surface area contributed by atoms with Gasteiger partial charge in [0.15, 0.2) is 11.5 Å². The molecule has 10 heteroatoms. The summed E-state index contributed by atoms with van der Waals surface area (Å²) in [6.45, 7) is 3.10. The van der Waals surface area contributed by atoms with Crippen molar-refractivity contribution in [2.75, 3.05) is 44.7 Å². The van der Waals surface area contributed by atoms with Gasteiger partial charge in [-0.25, -0.2) is 14.8 Å². The van der Waals surface area contributed by atoms with Crippen LogP contribution in [0.1, 0.15) is 22.0 Å². The van der Waals surface area contributed by atoms with Crippen LogP contribution in [0.2, 0.25) is 0 Å². The Balaban J connectivity index is 1.44. The number of methoxy groups -OCH3 is 1. The predicted molar refractivity (Wildman–Crippen MR) is 97.3 cm³/mol. The standard InChI is InChI=1S/C18H20N6O4/c1-27-18(26)15-3-2-13(28-15)11-22-16(25)12-23-6-8-24(9-7-23)17-14(10-19)20-4-5-21-17/h2-5H,6-9,11-12H2,1H3,(H,22,25). The van der Waals surface area contributed by atoms with Crippen LogP contribution in [0.4, 0.5) is 5.82 Å². The molecular weight excluding hydrogens is 364 g/mol. The van der Waals surface area contributed by atoms with Crippen LogP contribution in [0.25, 0.3) is 0 Å². The van der Waals surface area contributed by atoms with E-state index in [4.69, 9.17) is 9.68 Å². The molecular formula is C18H20N6O4. The number of hydrogen-bond donors (Lipinski definition) is 1. The van der Waals surface area contributed by atoms with Crippen molar-refractivity contribution >= 4 is 17.7 Å². The summed E-state index contributed by atoms with van der Waals surface area (Å²) in [5.74, 6) is 0.460. The Morgan fingerprint density at radius 2 is 2.00 bits per heavy atom. The third kappa shape index (κ3) is 4.63. The molecule has 1 saturated heterocycles. The molecule has 1 aliphatic rings. The molecule has 1 aliphatic heterocycles. The summed E-state index contributed by atoms with van der Waals surface area (Å²) in [5, 5.41) is 11.9. The fourth-order valence-corrected chi connectivity index (χ4v) is 2.89. The highest BCUT2D eigenvalue weighted by Gasteiger charge is 2.22.